The van der Waals surface area contributed by atoms with E-state index in [1.54, 1.807) is 30.3 Å². The molecule has 1 aliphatic carbocycles. The van der Waals surface area contributed by atoms with Crippen molar-refractivity contribution in [2.45, 2.75) is 50.9 Å². The molecule has 33 heavy (non-hydrogen) atoms. The number of benzene rings is 2. The van der Waals surface area contributed by atoms with Gasteiger partial charge in [0, 0.05) is 11.8 Å². The highest BCUT2D eigenvalue weighted by Gasteiger charge is 2.45. The largest absolute Gasteiger partial charge is 0.432 e. The molecule has 1 saturated carbocycles. The summed E-state index contributed by atoms with van der Waals surface area (Å²) in [5.41, 5.74) is 1.89. The van der Waals surface area contributed by atoms with E-state index >= 15 is 0 Å². The minimum absolute atomic E-state index is 0.139. The molecule has 0 amide bonds. The van der Waals surface area contributed by atoms with Gasteiger partial charge in [0.05, 0.1) is 19.1 Å². The number of aryl methyl sites for hydroxylation is 2. The molecule has 6 heteroatoms. The lowest BCUT2D eigenvalue weighted by Crippen LogP contribution is -2.41. The molecule has 1 saturated heterocycles. The van der Waals surface area contributed by atoms with Crippen LogP contribution in [0.1, 0.15) is 36.8 Å². The van der Waals surface area contributed by atoms with Crippen LogP contribution >= 0.6 is 0 Å². The van der Waals surface area contributed by atoms with E-state index in [0.717, 1.165) is 11.1 Å². The summed E-state index contributed by atoms with van der Waals surface area (Å²) in [4.78, 5) is 0. The second kappa shape index (κ2) is 10.7. The maximum absolute atomic E-state index is 14.8. The molecule has 178 valence electrons. The highest BCUT2D eigenvalue weighted by molar-refractivity contribution is 5.28. The van der Waals surface area contributed by atoms with Gasteiger partial charge in [-0.05, 0) is 73.9 Å². The number of ether oxygens (including phenoxy) is 3. The van der Waals surface area contributed by atoms with E-state index in [0.29, 0.717) is 51.7 Å². The lowest BCUT2D eigenvalue weighted by Gasteiger charge is -2.38. The Morgan fingerprint density at radius 2 is 1.61 bits per heavy atom. The minimum atomic E-state index is -3.23. The van der Waals surface area contributed by atoms with Crippen molar-refractivity contribution in [2.75, 3.05) is 13.2 Å². The summed E-state index contributed by atoms with van der Waals surface area (Å²) in [6.07, 6.45) is 1.67. The summed E-state index contributed by atoms with van der Waals surface area (Å²) in [5, 5.41) is 0. The van der Waals surface area contributed by atoms with Gasteiger partial charge >= 0.3 is 6.11 Å². The molecule has 2 fully saturated rings. The first-order chi connectivity index (χ1) is 15.9. The zero-order valence-corrected chi connectivity index (χ0v) is 18.7. The van der Waals surface area contributed by atoms with Crippen LogP contribution in [0.4, 0.5) is 13.2 Å². The van der Waals surface area contributed by atoms with Crippen LogP contribution in [0.25, 0.3) is 0 Å². The van der Waals surface area contributed by atoms with Crippen LogP contribution < -0.4 is 4.74 Å². The van der Waals surface area contributed by atoms with Gasteiger partial charge in [-0.1, -0.05) is 30.3 Å². The van der Waals surface area contributed by atoms with Crippen LogP contribution in [0.3, 0.4) is 0 Å². The van der Waals surface area contributed by atoms with Gasteiger partial charge in [0.15, 0.2) is 6.29 Å². The van der Waals surface area contributed by atoms with Crippen molar-refractivity contribution in [1.29, 1.82) is 0 Å². The first-order valence-electron chi connectivity index (χ1n) is 11.7. The van der Waals surface area contributed by atoms with Crippen molar-refractivity contribution in [3.05, 3.63) is 78.1 Å². The topological polar surface area (TPSA) is 27.7 Å². The Bertz CT molecular complexity index is 899. The predicted octanol–water partition coefficient (Wildman–Crippen LogP) is 6.56. The minimum Gasteiger partial charge on any atom is -0.432 e. The molecular weight excluding hydrogens is 429 g/mol. The molecule has 0 radical (unpaired) electrons. The van der Waals surface area contributed by atoms with Crippen molar-refractivity contribution in [1.82, 2.24) is 0 Å². The number of hydrogen-bond acceptors (Lipinski definition) is 3. The SMILES string of the molecule is C=CC1COC(C2CCC(C(F)(F)Oc3ccc(CCc4cccc(F)c4)cc3)CC2)OC1. The van der Waals surface area contributed by atoms with Crippen LogP contribution in [0.5, 0.6) is 5.75 Å². The van der Waals surface area contributed by atoms with E-state index in [1.165, 1.54) is 12.1 Å². The third-order valence-electron chi connectivity index (χ3n) is 6.68. The summed E-state index contributed by atoms with van der Waals surface area (Å²) < 4.78 is 59.6. The van der Waals surface area contributed by atoms with Crippen LogP contribution in [-0.2, 0) is 22.3 Å². The Hall–Kier alpha value is -2.31. The van der Waals surface area contributed by atoms with Gasteiger partial charge in [0.25, 0.3) is 0 Å². The molecule has 0 N–H and O–H groups in total. The van der Waals surface area contributed by atoms with Crippen LogP contribution in [0, 0.1) is 23.6 Å². The van der Waals surface area contributed by atoms with E-state index < -0.39 is 12.0 Å². The van der Waals surface area contributed by atoms with Gasteiger partial charge in [-0.25, -0.2) is 4.39 Å². The second-order valence-electron chi connectivity index (χ2n) is 9.08. The number of rotatable bonds is 8. The van der Waals surface area contributed by atoms with Crippen molar-refractivity contribution in [3.8, 4) is 5.75 Å². The molecule has 0 aromatic heterocycles. The first-order valence-corrected chi connectivity index (χ1v) is 11.7. The van der Waals surface area contributed by atoms with Crippen molar-refractivity contribution >= 4 is 0 Å². The van der Waals surface area contributed by atoms with Gasteiger partial charge in [0.1, 0.15) is 11.6 Å². The first kappa shape index (κ1) is 23.8. The normalized spacial score (nSPS) is 26.0. The molecule has 2 aromatic rings. The van der Waals surface area contributed by atoms with E-state index in [1.807, 2.05) is 12.1 Å². The number of hydrogen-bond donors (Lipinski definition) is 0. The van der Waals surface area contributed by atoms with Crippen LogP contribution in [0.2, 0.25) is 0 Å². The Kier molecular flexibility index (Phi) is 7.76. The Morgan fingerprint density at radius 3 is 2.24 bits per heavy atom. The van der Waals surface area contributed by atoms with E-state index in [2.05, 4.69) is 6.58 Å². The second-order valence-corrected chi connectivity index (χ2v) is 9.08. The van der Waals surface area contributed by atoms with Crippen LogP contribution in [0.15, 0.2) is 61.2 Å². The summed E-state index contributed by atoms with van der Waals surface area (Å²) >= 11 is 0. The Morgan fingerprint density at radius 1 is 0.939 bits per heavy atom. The fourth-order valence-electron chi connectivity index (χ4n) is 4.61. The molecule has 3 nitrogen and oxygen atoms in total. The van der Waals surface area contributed by atoms with Crippen molar-refractivity contribution in [3.63, 3.8) is 0 Å². The smallest absolute Gasteiger partial charge is 0.400 e. The highest BCUT2D eigenvalue weighted by atomic mass is 19.3. The Labute approximate surface area is 193 Å². The van der Waals surface area contributed by atoms with Crippen molar-refractivity contribution < 1.29 is 27.4 Å². The van der Waals surface area contributed by atoms with Gasteiger partial charge < -0.3 is 14.2 Å². The molecule has 0 atom stereocenters. The lowest BCUT2D eigenvalue weighted by molar-refractivity contribution is -0.244. The molecule has 2 aromatic carbocycles. The summed E-state index contributed by atoms with van der Waals surface area (Å²) in [5.74, 6) is -0.590. The number of alkyl halides is 2. The maximum Gasteiger partial charge on any atom is 0.400 e. The highest BCUT2D eigenvalue weighted by Crippen LogP contribution is 2.42. The zero-order chi connectivity index (χ0) is 23.3. The van der Waals surface area contributed by atoms with E-state index in [9.17, 15) is 13.2 Å². The average molecular weight is 461 g/mol. The molecule has 2 aliphatic rings. The molecule has 1 heterocycles. The summed E-state index contributed by atoms with van der Waals surface area (Å²) in [7, 11) is 0. The average Bonchev–Trinajstić information content (AvgIpc) is 2.84. The third-order valence-corrected chi connectivity index (χ3v) is 6.68. The Balaban J connectivity index is 1.25. The van der Waals surface area contributed by atoms with E-state index in [-0.39, 0.29) is 29.7 Å². The maximum atomic E-state index is 14.8. The summed E-state index contributed by atoms with van der Waals surface area (Å²) in [6.45, 7) is 4.90. The van der Waals surface area contributed by atoms with Gasteiger partial charge in [-0.15, -0.1) is 6.58 Å². The number of halogens is 3. The van der Waals surface area contributed by atoms with Gasteiger partial charge in [-0.3, -0.25) is 0 Å². The van der Waals surface area contributed by atoms with Crippen LogP contribution in [-0.4, -0.2) is 25.6 Å². The van der Waals surface area contributed by atoms with Gasteiger partial charge in [-0.2, -0.15) is 8.78 Å². The fraction of sp³-hybridized carbons (Fsp3) is 0.481. The molecule has 0 spiro atoms. The lowest BCUT2D eigenvalue weighted by atomic mass is 9.80. The molecule has 1 aliphatic heterocycles. The van der Waals surface area contributed by atoms with E-state index in [4.69, 9.17) is 14.2 Å². The monoisotopic (exact) mass is 460 g/mol. The molecular formula is C27H31F3O3. The molecule has 4 rings (SSSR count). The quantitative estimate of drug-likeness (QED) is 0.417. The fourth-order valence-corrected chi connectivity index (χ4v) is 4.61. The third kappa shape index (κ3) is 6.39. The molecule has 0 bridgehead atoms. The summed E-state index contributed by atoms with van der Waals surface area (Å²) in [6, 6.07) is 13.2. The van der Waals surface area contributed by atoms with Crippen molar-refractivity contribution in [2.24, 2.45) is 17.8 Å². The zero-order valence-electron chi connectivity index (χ0n) is 18.7. The molecule has 0 unspecified atom stereocenters. The predicted molar refractivity (Wildman–Crippen MR) is 121 cm³/mol. The van der Waals surface area contributed by atoms with Gasteiger partial charge in [0.2, 0.25) is 0 Å². The standard InChI is InChI=1S/C27H31F3O3/c1-2-19-17-31-26(32-18-19)22-10-12-23(13-11-22)27(29,30)33-25-14-8-20(9-15-25)6-7-21-4-3-5-24(28)16-21/h2-5,8-9,14-16,19,22-23,26H,1,6-7,10-13,17-18H2.